The third-order valence-electron chi connectivity index (χ3n) is 7.30. The van der Waals surface area contributed by atoms with E-state index >= 15 is 0 Å². The molecule has 8 nitrogen and oxygen atoms in total. The molecule has 0 spiro atoms. The van der Waals surface area contributed by atoms with Crippen molar-refractivity contribution < 1.29 is 9.47 Å². The van der Waals surface area contributed by atoms with E-state index in [0.29, 0.717) is 0 Å². The highest BCUT2D eigenvalue weighted by Gasteiger charge is 2.27. The van der Waals surface area contributed by atoms with Crippen LogP contribution in [-0.4, -0.2) is 85.2 Å². The van der Waals surface area contributed by atoms with Crippen LogP contribution < -0.4 is 10.2 Å². The van der Waals surface area contributed by atoms with E-state index in [1.807, 2.05) is 0 Å². The fourth-order valence-electron chi connectivity index (χ4n) is 5.31. The summed E-state index contributed by atoms with van der Waals surface area (Å²) < 4.78 is 13.5. The minimum atomic E-state index is 0.186. The summed E-state index contributed by atoms with van der Waals surface area (Å²) in [7, 11) is 2.17. The van der Waals surface area contributed by atoms with Crippen molar-refractivity contribution in [3.8, 4) is 0 Å². The zero-order chi connectivity index (χ0) is 22.9. The van der Waals surface area contributed by atoms with Gasteiger partial charge in [0, 0.05) is 39.8 Å². The van der Waals surface area contributed by atoms with Gasteiger partial charge >= 0.3 is 0 Å². The van der Waals surface area contributed by atoms with Crippen molar-refractivity contribution in [1.29, 1.82) is 0 Å². The molecule has 6 rings (SSSR count). The minimum Gasteiger partial charge on any atom is -0.379 e. The number of fused-ring (bicyclic) bond motifs is 2. The average molecular weight is 463 g/mol. The number of hydrogen-bond donors (Lipinski definition) is 1. The van der Waals surface area contributed by atoms with Gasteiger partial charge in [0.05, 0.1) is 61.9 Å². The summed E-state index contributed by atoms with van der Waals surface area (Å²) in [5, 5.41) is 3.71. The molecule has 2 fully saturated rings. The molecule has 0 bridgehead atoms. The molecule has 4 heterocycles. The number of likely N-dealkylation sites (N-methyl/N-ethyl adjacent to an activating group) is 1. The van der Waals surface area contributed by atoms with Gasteiger partial charge in [0.2, 0.25) is 0 Å². The van der Waals surface area contributed by atoms with Gasteiger partial charge in [-0.25, -0.2) is 4.98 Å². The van der Waals surface area contributed by atoms with Crippen molar-refractivity contribution in [1.82, 2.24) is 19.4 Å². The van der Waals surface area contributed by atoms with Gasteiger partial charge < -0.3 is 24.3 Å². The molecular formula is C26H34N6O2. The maximum atomic E-state index is 5.57. The first-order valence-corrected chi connectivity index (χ1v) is 12.4. The van der Waals surface area contributed by atoms with E-state index in [2.05, 4.69) is 74.1 Å². The molecule has 2 saturated heterocycles. The highest BCUT2D eigenvalue weighted by molar-refractivity contribution is 5.78. The van der Waals surface area contributed by atoms with Crippen LogP contribution in [0, 0.1) is 0 Å². The molecule has 3 aliphatic rings. The first-order valence-electron chi connectivity index (χ1n) is 12.4. The van der Waals surface area contributed by atoms with Gasteiger partial charge in [0.1, 0.15) is 12.0 Å². The number of ether oxygens (including phenoxy) is 2. The molecule has 1 unspecified atom stereocenters. The fraction of sp³-hybridized carbons (Fsp3) is 0.500. The zero-order valence-corrected chi connectivity index (χ0v) is 19.9. The second-order valence-corrected chi connectivity index (χ2v) is 9.53. The quantitative estimate of drug-likeness (QED) is 0.604. The molecule has 34 heavy (non-hydrogen) atoms. The average Bonchev–Trinajstić information content (AvgIpc) is 3.37. The molecule has 8 heteroatoms. The van der Waals surface area contributed by atoms with Crippen LogP contribution in [0.25, 0.3) is 11.0 Å². The Morgan fingerprint density at radius 3 is 2.35 bits per heavy atom. The van der Waals surface area contributed by atoms with Gasteiger partial charge in [0.15, 0.2) is 0 Å². The Balaban J connectivity index is 1.29. The van der Waals surface area contributed by atoms with Crippen LogP contribution in [0.4, 0.5) is 11.4 Å². The summed E-state index contributed by atoms with van der Waals surface area (Å²) in [4.78, 5) is 12.4. The molecule has 1 aromatic heterocycles. The number of anilines is 2. The lowest BCUT2D eigenvalue weighted by atomic mass is 10.2. The molecule has 3 aliphatic heterocycles. The van der Waals surface area contributed by atoms with Gasteiger partial charge in [-0.05, 0) is 29.8 Å². The normalized spacial score (nSPS) is 21.7. The van der Waals surface area contributed by atoms with Crippen molar-refractivity contribution in [2.45, 2.75) is 25.8 Å². The largest absolute Gasteiger partial charge is 0.379 e. The molecule has 180 valence electrons. The van der Waals surface area contributed by atoms with Crippen molar-refractivity contribution in [2.24, 2.45) is 0 Å². The molecule has 0 saturated carbocycles. The highest BCUT2D eigenvalue weighted by Crippen LogP contribution is 2.34. The molecule has 1 atom stereocenters. The highest BCUT2D eigenvalue weighted by atomic mass is 16.5. The number of imidazole rings is 1. The second kappa shape index (κ2) is 9.54. The molecule has 3 aromatic rings. The number of aromatic nitrogens is 2. The van der Waals surface area contributed by atoms with E-state index in [9.17, 15) is 0 Å². The smallest absolute Gasteiger partial charge is 0.124 e. The molecule has 2 aromatic carbocycles. The molecule has 0 amide bonds. The lowest BCUT2D eigenvalue weighted by molar-refractivity contribution is 0.0326. The van der Waals surface area contributed by atoms with Gasteiger partial charge in [-0.15, -0.1) is 0 Å². The lowest BCUT2D eigenvalue weighted by Crippen LogP contribution is -2.39. The van der Waals surface area contributed by atoms with Crippen molar-refractivity contribution in [3.63, 3.8) is 0 Å². The van der Waals surface area contributed by atoms with Gasteiger partial charge in [-0.3, -0.25) is 9.80 Å². The third kappa shape index (κ3) is 4.38. The van der Waals surface area contributed by atoms with Crippen LogP contribution in [0.2, 0.25) is 0 Å². The van der Waals surface area contributed by atoms with Crippen LogP contribution in [0.1, 0.15) is 11.4 Å². The Kier molecular flexibility index (Phi) is 6.13. The van der Waals surface area contributed by atoms with E-state index in [0.717, 1.165) is 83.6 Å². The van der Waals surface area contributed by atoms with Crippen molar-refractivity contribution in [2.75, 3.05) is 69.9 Å². The Bertz CT molecular complexity index is 1140. The molecule has 0 radical (unpaired) electrons. The summed E-state index contributed by atoms with van der Waals surface area (Å²) in [6, 6.07) is 15.4. The fourth-order valence-corrected chi connectivity index (χ4v) is 5.31. The van der Waals surface area contributed by atoms with Crippen molar-refractivity contribution >= 4 is 22.4 Å². The Morgan fingerprint density at radius 1 is 0.912 bits per heavy atom. The van der Waals surface area contributed by atoms with Crippen LogP contribution in [0.5, 0.6) is 0 Å². The number of hydrogen-bond acceptors (Lipinski definition) is 7. The number of morpholine rings is 2. The van der Waals surface area contributed by atoms with Crippen LogP contribution in [-0.2, 0) is 29.1 Å². The summed E-state index contributed by atoms with van der Waals surface area (Å²) in [6.07, 6.45) is 0.186. The first kappa shape index (κ1) is 21.9. The zero-order valence-electron chi connectivity index (χ0n) is 19.9. The van der Waals surface area contributed by atoms with E-state index < -0.39 is 0 Å². The van der Waals surface area contributed by atoms with Crippen LogP contribution in [0.3, 0.4) is 0 Å². The van der Waals surface area contributed by atoms with Crippen LogP contribution >= 0.6 is 0 Å². The predicted molar refractivity (Wildman–Crippen MR) is 134 cm³/mol. The maximum Gasteiger partial charge on any atom is 0.124 e. The van der Waals surface area contributed by atoms with E-state index in [-0.39, 0.29) is 6.17 Å². The minimum absolute atomic E-state index is 0.186. The van der Waals surface area contributed by atoms with Gasteiger partial charge in [-0.1, -0.05) is 18.2 Å². The Morgan fingerprint density at radius 2 is 1.62 bits per heavy atom. The number of nitrogens with zero attached hydrogens (tertiary/aromatic N) is 5. The predicted octanol–water partition coefficient (Wildman–Crippen LogP) is 2.59. The van der Waals surface area contributed by atoms with Crippen molar-refractivity contribution in [3.05, 3.63) is 53.9 Å². The van der Waals surface area contributed by atoms with E-state index in [1.54, 1.807) is 0 Å². The standard InChI is InChI=1S/C26H34N6O2/c1-29-23-5-3-2-4-21(23)27-25(29)19-32-24-7-6-20(17-30-8-12-33-13-9-30)16-22(24)28-26(32)18-31-10-14-34-15-11-31/h2-7,16,25,27H,8-15,17-19H2,1H3. The van der Waals surface area contributed by atoms with E-state index in [4.69, 9.17) is 14.5 Å². The summed E-state index contributed by atoms with van der Waals surface area (Å²) >= 11 is 0. The molecule has 1 N–H and O–H groups in total. The number of nitrogens with one attached hydrogen (secondary N) is 1. The molecular weight excluding hydrogens is 428 g/mol. The number of para-hydroxylation sites is 2. The first-order chi connectivity index (χ1) is 16.7. The van der Waals surface area contributed by atoms with Gasteiger partial charge in [0.25, 0.3) is 0 Å². The van der Waals surface area contributed by atoms with Gasteiger partial charge in [-0.2, -0.15) is 0 Å². The molecule has 0 aliphatic carbocycles. The Labute approximate surface area is 201 Å². The summed E-state index contributed by atoms with van der Waals surface area (Å²) in [5.41, 5.74) is 6.06. The topological polar surface area (TPSA) is 58.0 Å². The number of benzene rings is 2. The third-order valence-corrected chi connectivity index (χ3v) is 7.30. The maximum absolute atomic E-state index is 5.57. The lowest BCUT2D eigenvalue weighted by Gasteiger charge is -2.28. The SMILES string of the molecule is CN1c2ccccc2NC1Cn1c(CN2CCOCC2)nc2cc(CN3CCOCC3)ccc21. The van der Waals surface area contributed by atoms with Crippen LogP contribution in [0.15, 0.2) is 42.5 Å². The monoisotopic (exact) mass is 462 g/mol. The number of rotatable bonds is 6. The Hall–Kier alpha value is -2.65. The summed E-state index contributed by atoms with van der Waals surface area (Å²) in [5.74, 6) is 1.13. The van der Waals surface area contributed by atoms with E-state index in [1.165, 1.54) is 22.5 Å². The second-order valence-electron chi connectivity index (χ2n) is 9.53. The summed E-state index contributed by atoms with van der Waals surface area (Å²) in [6.45, 7) is 9.78.